The Morgan fingerprint density at radius 2 is 1.71 bits per heavy atom. The van der Waals surface area contributed by atoms with Crippen LogP contribution in [0.1, 0.15) is 49.9 Å². The molecule has 0 spiro atoms. The first-order valence-corrected chi connectivity index (χ1v) is 7.34. The smallest absolute Gasteiger partial charge is 0.338 e. The summed E-state index contributed by atoms with van der Waals surface area (Å²) in [6.07, 6.45) is 3.76. The number of benzene rings is 1. The number of hydrogen-bond acceptors (Lipinski definition) is 5. The average molecular weight is 296 g/mol. The summed E-state index contributed by atoms with van der Waals surface area (Å²) in [6.45, 7) is 5.11. The van der Waals surface area contributed by atoms with E-state index in [-0.39, 0.29) is 17.1 Å². The van der Waals surface area contributed by atoms with Crippen LogP contribution in [0.25, 0.3) is 0 Å². The Hall–Kier alpha value is -1.91. The van der Waals surface area contributed by atoms with E-state index in [2.05, 4.69) is 18.6 Å². The molecule has 0 aliphatic heterocycles. The second-order valence-electron chi connectivity index (χ2n) is 4.72. The number of esters is 1. The van der Waals surface area contributed by atoms with Gasteiger partial charge in [0.05, 0.1) is 25.9 Å². The summed E-state index contributed by atoms with van der Waals surface area (Å²) < 4.78 is 15.9. The SMILES string of the molecule is CCCCOc1cc(C(=O)OC)cc(O)c1OCCCC. The molecule has 0 atom stereocenters. The highest BCUT2D eigenvalue weighted by atomic mass is 16.5. The quantitative estimate of drug-likeness (QED) is 0.558. The van der Waals surface area contributed by atoms with Gasteiger partial charge in [-0.2, -0.15) is 0 Å². The van der Waals surface area contributed by atoms with Gasteiger partial charge in [0.25, 0.3) is 0 Å². The first-order chi connectivity index (χ1) is 10.1. The number of unbranched alkanes of at least 4 members (excludes halogenated alkanes) is 2. The molecule has 21 heavy (non-hydrogen) atoms. The van der Waals surface area contributed by atoms with E-state index in [0.717, 1.165) is 25.7 Å². The summed E-state index contributed by atoms with van der Waals surface area (Å²) >= 11 is 0. The van der Waals surface area contributed by atoms with Crippen LogP contribution in [-0.4, -0.2) is 31.4 Å². The van der Waals surface area contributed by atoms with Gasteiger partial charge in [-0.3, -0.25) is 0 Å². The van der Waals surface area contributed by atoms with E-state index in [0.29, 0.717) is 19.0 Å². The Labute approximate surface area is 125 Å². The van der Waals surface area contributed by atoms with Crippen molar-refractivity contribution in [3.05, 3.63) is 17.7 Å². The second kappa shape index (κ2) is 9.10. The molecule has 0 heterocycles. The summed E-state index contributed by atoms with van der Waals surface area (Å²) in [7, 11) is 1.29. The number of carbonyl (C=O) groups excluding carboxylic acids is 1. The van der Waals surface area contributed by atoms with Crippen LogP contribution in [0, 0.1) is 0 Å². The highest BCUT2D eigenvalue weighted by Crippen LogP contribution is 2.38. The fourth-order valence-corrected chi connectivity index (χ4v) is 1.72. The first kappa shape index (κ1) is 17.1. The molecule has 1 aromatic rings. The van der Waals surface area contributed by atoms with Crippen LogP contribution < -0.4 is 9.47 Å². The van der Waals surface area contributed by atoms with E-state index >= 15 is 0 Å². The maximum absolute atomic E-state index is 11.6. The van der Waals surface area contributed by atoms with Crippen molar-refractivity contribution in [2.24, 2.45) is 0 Å². The van der Waals surface area contributed by atoms with Crippen molar-refractivity contribution in [2.75, 3.05) is 20.3 Å². The Morgan fingerprint density at radius 1 is 1.10 bits per heavy atom. The summed E-state index contributed by atoms with van der Waals surface area (Å²) in [4.78, 5) is 11.6. The summed E-state index contributed by atoms with van der Waals surface area (Å²) in [6, 6.07) is 2.88. The van der Waals surface area contributed by atoms with Crippen molar-refractivity contribution in [1.82, 2.24) is 0 Å². The lowest BCUT2D eigenvalue weighted by atomic mass is 10.2. The minimum Gasteiger partial charge on any atom is -0.504 e. The van der Waals surface area contributed by atoms with Gasteiger partial charge in [-0.1, -0.05) is 26.7 Å². The van der Waals surface area contributed by atoms with Gasteiger partial charge in [0.15, 0.2) is 11.5 Å². The van der Waals surface area contributed by atoms with Crippen LogP contribution in [0.4, 0.5) is 0 Å². The maximum atomic E-state index is 11.6. The Balaban J connectivity index is 2.98. The third-order valence-electron chi connectivity index (χ3n) is 2.96. The van der Waals surface area contributed by atoms with Gasteiger partial charge in [0.2, 0.25) is 5.75 Å². The first-order valence-electron chi connectivity index (χ1n) is 7.34. The van der Waals surface area contributed by atoms with Gasteiger partial charge in [-0.15, -0.1) is 0 Å². The van der Waals surface area contributed by atoms with Crippen molar-refractivity contribution >= 4 is 5.97 Å². The van der Waals surface area contributed by atoms with Crippen LogP contribution in [0.2, 0.25) is 0 Å². The molecule has 0 unspecified atom stereocenters. The summed E-state index contributed by atoms with van der Waals surface area (Å²) in [5, 5.41) is 10.1. The predicted molar refractivity (Wildman–Crippen MR) is 80.3 cm³/mol. The zero-order valence-corrected chi connectivity index (χ0v) is 13.0. The van der Waals surface area contributed by atoms with E-state index in [1.807, 2.05) is 0 Å². The molecule has 1 rings (SSSR count). The lowest BCUT2D eigenvalue weighted by molar-refractivity contribution is 0.0599. The van der Waals surface area contributed by atoms with E-state index in [1.165, 1.54) is 13.2 Å². The van der Waals surface area contributed by atoms with Crippen molar-refractivity contribution in [2.45, 2.75) is 39.5 Å². The molecule has 5 nitrogen and oxygen atoms in total. The molecule has 0 aromatic heterocycles. The molecular formula is C16H24O5. The molecule has 0 saturated carbocycles. The number of rotatable bonds is 9. The van der Waals surface area contributed by atoms with Gasteiger partial charge in [0.1, 0.15) is 0 Å². The maximum Gasteiger partial charge on any atom is 0.338 e. The molecule has 5 heteroatoms. The molecule has 0 saturated heterocycles. The van der Waals surface area contributed by atoms with Gasteiger partial charge >= 0.3 is 5.97 Å². The molecule has 118 valence electrons. The van der Waals surface area contributed by atoms with Crippen LogP contribution >= 0.6 is 0 Å². The summed E-state index contributed by atoms with van der Waals surface area (Å²) in [5.74, 6) is 0.0263. The molecule has 0 amide bonds. The lowest BCUT2D eigenvalue weighted by Crippen LogP contribution is -2.06. The number of methoxy groups -OCH3 is 1. The largest absolute Gasteiger partial charge is 0.504 e. The summed E-state index contributed by atoms with van der Waals surface area (Å²) in [5.41, 5.74) is 0.240. The zero-order valence-electron chi connectivity index (χ0n) is 13.0. The number of aromatic hydroxyl groups is 1. The normalized spacial score (nSPS) is 10.2. The molecule has 0 aliphatic rings. The Morgan fingerprint density at radius 3 is 2.29 bits per heavy atom. The van der Waals surface area contributed by atoms with E-state index < -0.39 is 5.97 Å². The fourth-order valence-electron chi connectivity index (χ4n) is 1.72. The lowest BCUT2D eigenvalue weighted by Gasteiger charge is -2.15. The van der Waals surface area contributed by atoms with E-state index in [1.54, 1.807) is 6.07 Å². The predicted octanol–water partition coefficient (Wildman–Crippen LogP) is 3.54. The molecular weight excluding hydrogens is 272 g/mol. The number of phenols is 1. The highest BCUT2D eigenvalue weighted by Gasteiger charge is 2.17. The number of ether oxygens (including phenoxy) is 3. The minimum absolute atomic E-state index is 0.111. The van der Waals surface area contributed by atoms with Crippen molar-refractivity contribution in [3.63, 3.8) is 0 Å². The molecule has 1 N–H and O–H groups in total. The molecule has 0 radical (unpaired) electrons. The zero-order chi connectivity index (χ0) is 15.7. The van der Waals surface area contributed by atoms with Gasteiger partial charge in [0, 0.05) is 0 Å². The Kier molecular flexibility index (Phi) is 7.43. The average Bonchev–Trinajstić information content (AvgIpc) is 2.49. The number of carbonyl (C=O) groups is 1. The minimum atomic E-state index is -0.522. The van der Waals surface area contributed by atoms with Crippen LogP contribution in [0.5, 0.6) is 17.2 Å². The third kappa shape index (κ3) is 5.17. The monoisotopic (exact) mass is 296 g/mol. The topological polar surface area (TPSA) is 65.0 Å². The standard InChI is InChI=1S/C16H24O5/c1-4-6-8-20-14-11-12(16(18)19-3)10-13(17)15(14)21-9-7-5-2/h10-11,17H,4-9H2,1-3H3. The van der Waals surface area contributed by atoms with Crippen molar-refractivity contribution in [3.8, 4) is 17.2 Å². The van der Waals surface area contributed by atoms with Crippen molar-refractivity contribution < 1.29 is 24.1 Å². The van der Waals surface area contributed by atoms with Gasteiger partial charge < -0.3 is 19.3 Å². The van der Waals surface area contributed by atoms with Crippen LogP contribution in [0.3, 0.4) is 0 Å². The number of hydrogen-bond donors (Lipinski definition) is 1. The van der Waals surface area contributed by atoms with Crippen LogP contribution in [0.15, 0.2) is 12.1 Å². The molecule has 1 aromatic carbocycles. The Bertz CT molecular complexity index is 456. The number of phenolic OH excluding ortho intramolecular Hbond substituents is 1. The van der Waals surface area contributed by atoms with Gasteiger partial charge in [-0.25, -0.2) is 4.79 Å². The highest BCUT2D eigenvalue weighted by molar-refractivity contribution is 5.91. The molecule has 0 fully saturated rings. The van der Waals surface area contributed by atoms with Crippen LogP contribution in [-0.2, 0) is 4.74 Å². The van der Waals surface area contributed by atoms with E-state index in [4.69, 9.17) is 9.47 Å². The van der Waals surface area contributed by atoms with Gasteiger partial charge in [-0.05, 0) is 25.0 Å². The van der Waals surface area contributed by atoms with Crippen molar-refractivity contribution in [1.29, 1.82) is 0 Å². The fraction of sp³-hybridized carbons (Fsp3) is 0.562. The second-order valence-corrected chi connectivity index (χ2v) is 4.72. The molecule has 0 bridgehead atoms. The molecule has 0 aliphatic carbocycles. The van der Waals surface area contributed by atoms with E-state index in [9.17, 15) is 9.90 Å². The third-order valence-corrected chi connectivity index (χ3v) is 2.96.